The number of H-pyrrole nitrogens is 1. The van der Waals surface area contributed by atoms with Crippen LogP contribution < -0.4 is 15.8 Å². The lowest BCUT2D eigenvalue weighted by molar-refractivity contribution is -0.120. The molecule has 0 saturated heterocycles. The van der Waals surface area contributed by atoms with Crippen LogP contribution in [0.25, 0.3) is 33.5 Å². The number of aromatic hydroxyl groups is 1. The molecule has 0 radical (unpaired) electrons. The van der Waals surface area contributed by atoms with E-state index in [1.807, 2.05) is 19.9 Å². The Bertz CT molecular complexity index is 1380. The number of methoxy groups -OCH3 is 1. The number of rotatable bonds is 7. The molecule has 2 aromatic heterocycles. The van der Waals surface area contributed by atoms with Crippen molar-refractivity contribution in [2.24, 2.45) is 11.7 Å². The van der Waals surface area contributed by atoms with Crippen molar-refractivity contribution in [3.05, 3.63) is 60.3 Å². The summed E-state index contributed by atoms with van der Waals surface area (Å²) in [6.45, 7) is 3.61. The van der Waals surface area contributed by atoms with Crippen molar-refractivity contribution in [3.63, 3.8) is 0 Å². The number of phenolic OH excluding ortho intramolecular Hbond substituents is 1. The molecule has 0 saturated carbocycles. The van der Waals surface area contributed by atoms with Crippen molar-refractivity contribution >= 4 is 22.8 Å². The van der Waals surface area contributed by atoms with Crippen LogP contribution >= 0.6 is 0 Å². The van der Waals surface area contributed by atoms with Crippen molar-refractivity contribution in [1.82, 2.24) is 20.3 Å². The number of phenols is 1. The van der Waals surface area contributed by atoms with E-state index in [1.165, 1.54) is 0 Å². The Balaban J connectivity index is 1.69. The third-order valence-corrected chi connectivity index (χ3v) is 5.53. The summed E-state index contributed by atoms with van der Waals surface area (Å²) in [5.74, 6) is -0.192. The van der Waals surface area contributed by atoms with E-state index in [4.69, 9.17) is 10.5 Å². The summed E-state index contributed by atoms with van der Waals surface area (Å²) in [7, 11) is 1.55. The molecule has 4 aromatic rings. The highest BCUT2D eigenvalue weighted by Crippen LogP contribution is 2.35. The standard InChI is InChI=1S/C25H25N5O4/c1-13(2)21(22(26)32)30-24(33)15-6-8-18-19(12-15)29-23(28-18)17-11-14(7-9-20(17)31)16-5-4-10-27-25(16)34-3/h4-13,21,31H,1-3H3,(H2,26,32)(H,28,29)(H,30,33)/t21-/m0/s1. The largest absolute Gasteiger partial charge is 0.507 e. The van der Waals surface area contributed by atoms with Gasteiger partial charge in [0, 0.05) is 17.3 Å². The van der Waals surface area contributed by atoms with Gasteiger partial charge in [0.1, 0.15) is 17.6 Å². The smallest absolute Gasteiger partial charge is 0.252 e. The summed E-state index contributed by atoms with van der Waals surface area (Å²) in [5.41, 5.74) is 9.03. The van der Waals surface area contributed by atoms with Gasteiger partial charge in [0.15, 0.2) is 0 Å². The Kier molecular flexibility index (Phi) is 6.18. The maximum Gasteiger partial charge on any atom is 0.252 e. The van der Waals surface area contributed by atoms with Crippen molar-refractivity contribution in [3.8, 4) is 34.1 Å². The van der Waals surface area contributed by atoms with E-state index in [-0.39, 0.29) is 11.7 Å². The monoisotopic (exact) mass is 459 g/mol. The van der Waals surface area contributed by atoms with Gasteiger partial charge in [-0.25, -0.2) is 9.97 Å². The SMILES string of the molecule is COc1ncccc1-c1ccc(O)c(-c2nc3ccc(C(=O)N[C@H](C(N)=O)C(C)C)cc3[nH]2)c1. The van der Waals surface area contributed by atoms with E-state index in [0.29, 0.717) is 33.9 Å². The molecule has 0 fully saturated rings. The molecular formula is C25H25N5O4. The summed E-state index contributed by atoms with van der Waals surface area (Å²) in [6.07, 6.45) is 1.64. The highest BCUT2D eigenvalue weighted by Gasteiger charge is 2.22. The number of imidazole rings is 1. The third-order valence-electron chi connectivity index (χ3n) is 5.53. The molecule has 34 heavy (non-hydrogen) atoms. The van der Waals surface area contributed by atoms with Gasteiger partial charge in [-0.1, -0.05) is 19.9 Å². The number of fused-ring (bicyclic) bond motifs is 1. The summed E-state index contributed by atoms with van der Waals surface area (Å²) < 4.78 is 5.35. The highest BCUT2D eigenvalue weighted by atomic mass is 16.5. The second-order valence-corrected chi connectivity index (χ2v) is 8.21. The van der Waals surface area contributed by atoms with E-state index >= 15 is 0 Å². The first-order valence-electron chi connectivity index (χ1n) is 10.7. The van der Waals surface area contributed by atoms with E-state index in [9.17, 15) is 14.7 Å². The average molecular weight is 460 g/mol. The van der Waals surface area contributed by atoms with E-state index in [1.54, 1.807) is 55.8 Å². The van der Waals surface area contributed by atoms with Crippen LogP contribution in [0.4, 0.5) is 0 Å². The summed E-state index contributed by atoms with van der Waals surface area (Å²) in [5, 5.41) is 13.2. The summed E-state index contributed by atoms with van der Waals surface area (Å²) in [6, 6.07) is 13.0. The van der Waals surface area contributed by atoms with E-state index < -0.39 is 17.9 Å². The van der Waals surface area contributed by atoms with E-state index in [0.717, 1.165) is 11.1 Å². The fourth-order valence-electron chi connectivity index (χ4n) is 3.74. The van der Waals surface area contributed by atoms with Gasteiger partial charge in [-0.2, -0.15) is 0 Å². The van der Waals surface area contributed by atoms with Gasteiger partial charge in [0.05, 0.1) is 23.7 Å². The molecule has 2 aromatic carbocycles. The van der Waals surface area contributed by atoms with Gasteiger partial charge in [-0.05, 0) is 53.9 Å². The number of pyridine rings is 1. The van der Waals surface area contributed by atoms with Gasteiger partial charge in [-0.3, -0.25) is 9.59 Å². The number of ether oxygens (including phenoxy) is 1. The van der Waals surface area contributed by atoms with Crippen LogP contribution in [-0.4, -0.2) is 45.0 Å². The maximum atomic E-state index is 12.7. The second-order valence-electron chi connectivity index (χ2n) is 8.21. The number of nitrogens with zero attached hydrogens (tertiary/aromatic N) is 2. The van der Waals surface area contributed by atoms with Gasteiger partial charge < -0.3 is 25.9 Å². The Morgan fingerprint density at radius 2 is 1.91 bits per heavy atom. The molecule has 0 bridgehead atoms. The number of nitrogens with one attached hydrogen (secondary N) is 2. The van der Waals surface area contributed by atoms with Crippen molar-refractivity contribution in [2.75, 3.05) is 7.11 Å². The highest BCUT2D eigenvalue weighted by molar-refractivity contribution is 6.00. The number of hydrogen-bond donors (Lipinski definition) is 4. The van der Waals surface area contributed by atoms with Crippen molar-refractivity contribution < 1.29 is 19.4 Å². The molecule has 0 unspecified atom stereocenters. The minimum Gasteiger partial charge on any atom is -0.507 e. The maximum absolute atomic E-state index is 12.7. The third kappa shape index (κ3) is 4.40. The predicted molar refractivity (Wildman–Crippen MR) is 128 cm³/mol. The molecule has 0 aliphatic heterocycles. The van der Waals surface area contributed by atoms with Gasteiger partial charge in [0.25, 0.3) is 5.91 Å². The van der Waals surface area contributed by atoms with Crippen LogP contribution in [0.15, 0.2) is 54.7 Å². The Labute approximate surface area is 196 Å². The lowest BCUT2D eigenvalue weighted by Gasteiger charge is -2.18. The van der Waals surface area contributed by atoms with Crippen LogP contribution in [0.5, 0.6) is 11.6 Å². The first-order chi connectivity index (χ1) is 16.3. The van der Waals surface area contributed by atoms with Crippen LogP contribution in [0, 0.1) is 5.92 Å². The van der Waals surface area contributed by atoms with Crippen LogP contribution in [0.2, 0.25) is 0 Å². The molecule has 0 aliphatic rings. The molecule has 2 heterocycles. The number of hydrogen-bond acceptors (Lipinski definition) is 6. The van der Waals surface area contributed by atoms with Crippen LogP contribution in [0.3, 0.4) is 0 Å². The molecule has 0 aliphatic carbocycles. The lowest BCUT2D eigenvalue weighted by Crippen LogP contribution is -2.47. The molecule has 2 amide bonds. The molecule has 9 heteroatoms. The Morgan fingerprint density at radius 1 is 1.12 bits per heavy atom. The van der Waals surface area contributed by atoms with Crippen molar-refractivity contribution in [2.45, 2.75) is 19.9 Å². The number of carbonyl (C=O) groups excluding carboxylic acids is 2. The number of aromatic amines is 1. The van der Waals surface area contributed by atoms with Gasteiger partial charge in [0.2, 0.25) is 11.8 Å². The minimum absolute atomic E-state index is 0.0462. The van der Waals surface area contributed by atoms with Gasteiger partial charge >= 0.3 is 0 Å². The second kappa shape index (κ2) is 9.22. The number of benzene rings is 2. The number of aromatic nitrogens is 3. The quantitative estimate of drug-likeness (QED) is 0.334. The predicted octanol–water partition coefficient (Wildman–Crippen LogP) is 3.25. The number of carbonyl (C=O) groups is 2. The first kappa shape index (κ1) is 22.8. The fraction of sp³-hybridized carbons (Fsp3) is 0.200. The molecule has 4 rings (SSSR count). The normalized spacial score (nSPS) is 12.0. The lowest BCUT2D eigenvalue weighted by atomic mass is 10.0. The summed E-state index contributed by atoms with van der Waals surface area (Å²) >= 11 is 0. The molecule has 174 valence electrons. The fourth-order valence-corrected chi connectivity index (χ4v) is 3.74. The number of primary amides is 1. The van der Waals surface area contributed by atoms with Crippen LogP contribution in [0.1, 0.15) is 24.2 Å². The zero-order valence-electron chi connectivity index (χ0n) is 19.0. The molecular weight excluding hydrogens is 434 g/mol. The molecule has 5 N–H and O–H groups in total. The zero-order valence-corrected chi connectivity index (χ0v) is 19.0. The molecule has 9 nitrogen and oxygen atoms in total. The Morgan fingerprint density at radius 3 is 2.62 bits per heavy atom. The Hall–Kier alpha value is -4.40. The molecule has 0 spiro atoms. The van der Waals surface area contributed by atoms with Gasteiger partial charge in [-0.15, -0.1) is 0 Å². The zero-order chi connectivity index (χ0) is 24.4. The first-order valence-corrected chi connectivity index (χ1v) is 10.7. The number of amides is 2. The minimum atomic E-state index is -0.773. The van der Waals surface area contributed by atoms with Crippen LogP contribution in [-0.2, 0) is 4.79 Å². The summed E-state index contributed by atoms with van der Waals surface area (Å²) in [4.78, 5) is 36.3. The topological polar surface area (TPSA) is 143 Å². The van der Waals surface area contributed by atoms with Crippen molar-refractivity contribution in [1.29, 1.82) is 0 Å². The number of nitrogens with two attached hydrogens (primary N) is 1. The molecule has 1 atom stereocenters. The average Bonchev–Trinajstić information content (AvgIpc) is 3.25. The van der Waals surface area contributed by atoms with E-state index in [2.05, 4.69) is 20.3 Å².